The molecule has 0 bridgehead atoms. The average Bonchev–Trinajstić information content (AvgIpc) is 3.18. The average molecular weight is 493 g/mol. The molecule has 1 atom stereocenters. The monoisotopic (exact) mass is 492 g/mol. The summed E-state index contributed by atoms with van der Waals surface area (Å²) in [7, 11) is 0. The van der Waals surface area contributed by atoms with Gasteiger partial charge in [0.2, 0.25) is 11.8 Å². The number of amides is 2. The summed E-state index contributed by atoms with van der Waals surface area (Å²) >= 11 is 7.08. The molecule has 3 aromatic rings. The predicted octanol–water partition coefficient (Wildman–Crippen LogP) is 4.87. The van der Waals surface area contributed by atoms with Gasteiger partial charge in [-0.15, -0.1) is 5.10 Å². The van der Waals surface area contributed by atoms with Gasteiger partial charge >= 0.3 is 0 Å². The number of benzene rings is 3. The van der Waals surface area contributed by atoms with Crippen LogP contribution in [-0.4, -0.2) is 28.4 Å². The topological polar surface area (TPSA) is 92.2 Å². The molecule has 1 heterocycles. The second kappa shape index (κ2) is 11.5. The molecule has 3 aromatic carbocycles. The van der Waals surface area contributed by atoms with E-state index in [1.165, 1.54) is 11.8 Å². The first kappa shape index (κ1) is 23.5. The van der Waals surface area contributed by atoms with Gasteiger partial charge in [0.15, 0.2) is 5.17 Å². The summed E-state index contributed by atoms with van der Waals surface area (Å²) < 4.78 is 5.77. The van der Waals surface area contributed by atoms with Gasteiger partial charge in [0.05, 0.1) is 6.21 Å². The Balaban J connectivity index is 1.25. The molecule has 0 aromatic heterocycles. The van der Waals surface area contributed by atoms with Crippen molar-refractivity contribution >= 4 is 52.2 Å². The Kier molecular flexibility index (Phi) is 7.95. The Hall–Kier alpha value is -3.62. The summed E-state index contributed by atoms with van der Waals surface area (Å²) in [5.74, 6) is 0.236. The van der Waals surface area contributed by atoms with E-state index in [2.05, 4.69) is 20.8 Å². The zero-order valence-corrected chi connectivity index (χ0v) is 19.6. The molecule has 1 fully saturated rings. The van der Waals surface area contributed by atoms with Crippen molar-refractivity contribution in [2.45, 2.75) is 18.3 Å². The number of thioether (sulfide) groups is 1. The number of ether oxygens (including phenoxy) is 1. The van der Waals surface area contributed by atoms with E-state index in [4.69, 9.17) is 16.3 Å². The number of halogens is 1. The van der Waals surface area contributed by atoms with Gasteiger partial charge in [-0.05, 0) is 59.7 Å². The van der Waals surface area contributed by atoms with Crippen LogP contribution in [0, 0.1) is 0 Å². The van der Waals surface area contributed by atoms with Crippen molar-refractivity contribution in [1.29, 1.82) is 0 Å². The van der Waals surface area contributed by atoms with E-state index in [0.29, 0.717) is 22.5 Å². The van der Waals surface area contributed by atoms with Crippen molar-refractivity contribution in [3.63, 3.8) is 0 Å². The third-order valence-electron chi connectivity index (χ3n) is 4.76. The minimum absolute atomic E-state index is 0.0472. The Morgan fingerprint density at radius 1 is 1.06 bits per heavy atom. The van der Waals surface area contributed by atoms with Gasteiger partial charge < -0.3 is 15.4 Å². The number of rotatable bonds is 8. The molecule has 0 saturated carbocycles. The van der Waals surface area contributed by atoms with Crippen molar-refractivity contribution in [2.24, 2.45) is 10.2 Å². The number of carbonyl (C=O) groups is 2. The lowest BCUT2D eigenvalue weighted by Crippen LogP contribution is -2.28. The Labute approximate surface area is 206 Å². The van der Waals surface area contributed by atoms with E-state index in [-0.39, 0.29) is 18.2 Å². The summed E-state index contributed by atoms with van der Waals surface area (Å²) in [6.45, 7) is 0.444. The third kappa shape index (κ3) is 6.94. The second-order valence-electron chi connectivity index (χ2n) is 7.35. The molecule has 0 aliphatic carbocycles. The lowest BCUT2D eigenvalue weighted by atomic mass is 10.2. The van der Waals surface area contributed by atoms with E-state index < -0.39 is 5.25 Å². The maximum Gasteiger partial charge on any atom is 0.240 e. The zero-order chi connectivity index (χ0) is 23.8. The highest BCUT2D eigenvalue weighted by molar-refractivity contribution is 8.15. The summed E-state index contributed by atoms with van der Waals surface area (Å²) in [5, 5.41) is 14.0. The molecule has 2 amide bonds. The van der Waals surface area contributed by atoms with Gasteiger partial charge in [0.1, 0.15) is 17.6 Å². The normalized spacial score (nSPS) is 16.6. The maximum atomic E-state index is 12.2. The molecule has 2 N–H and O–H groups in total. The van der Waals surface area contributed by atoms with Crippen molar-refractivity contribution in [3.05, 3.63) is 95.0 Å². The quantitative estimate of drug-likeness (QED) is 0.346. The number of para-hydroxylation sites is 1. The van der Waals surface area contributed by atoms with Crippen LogP contribution in [0.15, 0.2) is 89.1 Å². The Morgan fingerprint density at radius 2 is 1.79 bits per heavy atom. The van der Waals surface area contributed by atoms with Crippen LogP contribution in [0.4, 0.5) is 5.69 Å². The first-order valence-electron chi connectivity index (χ1n) is 10.5. The number of hydrogen-bond acceptors (Lipinski definition) is 6. The Bertz CT molecular complexity index is 1200. The van der Waals surface area contributed by atoms with Crippen molar-refractivity contribution in [1.82, 2.24) is 5.32 Å². The van der Waals surface area contributed by atoms with Crippen LogP contribution in [-0.2, 0) is 16.2 Å². The van der Waals surface area contributed by atoms with E-state index in [9.17, 15) is 9.59 Å². The molecule has 0 radical (unpaired) electrons. The molecule has 0 spiro atoms. The molecule has 9 heteroatoms. The fourth-order valence-electron chi connectivity index (χ4n) is 3.03. The predicted molar refractivity (Wildman–Crippen MR) is 136 cm³/mol. The summed E-state index contributed by atoms with van der Waals surface area (Å²) in [6.07, 6.45) is 1.63. The molecule has 34 heavy (non-hydrogen) atoms. The molecule has 1 aliphatic heterocycles. The smallest absolute Gasteiger partial charge is 0.240 e. The molecule has 4 rings (SSSR count). The van der Waals surface area contributed by atoms with Gasteiger partial charge in [-0.1, -0.05) is 53.7 Å². The fraction of sp³-hybridized carbons (Fsp3) is 0.120. The molecular weight excluding hydrogens is 472 g/mol. The Morgan fingerprint density at radius 3 is 2.53 bits per heavy atom. The van der Waals surface area contributed by atoms with Crippen molar-refractivity contribution in [3.8, 4) is 5.75 Å². The SMILES string of the molecule is O=C(CC1S/C(=N/N=C/c2ccc(OCc3ccc(Cl)cc3)cc2)NC1=O)Nc1ccccc1. The summed E-state index contributed by atoms with van der Waals surface area (Å²) in [5.41, 5.74) is 2.55. The number of anilines is 1. The van der Waals surface area contributed by atoms with Crippen LogP contribution < -0.4 is 15.4 Å². The first-order chi connectivity index (χ1) is 16.5. The van der Waals surface area contributed by atoms with E-state index in [1.54, 1.807) is 18.3 Å². The lowest BCUT2D eigenvalue weighted by Gasteiger charge is -2.06. The van der Waals surface area contributed by atoms with Crippen LogP contribution in [0.2, 0.25) is 5.02 Å². The number of amidine groups is 1. The highest BCUT2D eigenvalue weighted by atomic mass is 35.5. The van der Waals surface area contributed by atoms with Gasteiger partial charge in [-0.2, -0.15) is 5.10 Å². The van der Waals surface area contributed by atoms with Crippen LogP contribution in [0.5, 0.6) is 5.75 Å². The largest absolute Gasteiger partial charge is 0.489 e. The molecule has 1 aliphatic rings. The molecule has 1 unspecified atom stereocenters. The zero-order valence-electron chi connectivity index (χ0n) is 18.0. The number of nitrogens with one attached hydrogen (secondary N) is 2. The van der Waals surface area contributed by atoms with Crippen molar-refractivity contribution < 1.29 is 14.3 Å². The molecule has 1 saturated heterocycles. The maximum absolute atomic E-state index is 12.2. The first-order valence-corrected chi connectivity index (χ1v) is 11.7. The standard InChI is InChI=1S/C25H21ClN4O3S/c26-19-10-6-18(7-11-19)16-33-21-12-8-17(9-13-21)15-27-30-25-29-24(32)22(34-25)14-23(31)28-20-4-2-1-3-5-20/h1-13,15,22H,14,16H2,(H,28,31)(H,29,30,32)/b27-15+. The number of hydrogen-bond donors (Lipinski definition) is 2. The van der Waals surface area contributed by atoms with Gasteiger partial charge in [0.25, 0.3) is 0 Å². The van der Waals surface area contributed by atoms with E-state index in [0.717, 1.165) is 16.9 Å². The van der Waals surface area contributed by atoms with E-state index in [1.807, 2.05) is 66.7 Å². The lowest BCUT2D eigenvalue weighted by molar-refractivity contribution is -0.122. The number of carbonyl (C=O) groups excluding carboxylic acids is 2. The van der Waals surface area contributed by atoms with Gasteiger partial charge in [-0.25, -0.2) is 0 Å². The summed E-state index contributed by atoms with van der Waals surface area (Å²) in [4.78, 5) is 24.4. The van der Waals surface area contributed by atoms with Gasteiger partial charge in [0, 0.05) is 17.1 Å². The van der Waals surface area contributed by atoms with Crippen molar-refractivity contribution in [2.75, 3.05) is 5.32 Å². The fourth-order valence-corrected chi connectivity index (χ4v) is 4.08. The molecule has 7 nitrogen and oxygen atoms in total. The highest BCUT2D eigenvalue weighted by Gasteiger charge is 2.32. The highest BCUT2D eigenvalue weighted by Crippen LogP contribution is 2.23. The van der Waals surface area contributed by atoms with Gasteiger partial charge in [-0.3, -0.25) is 9.59 Å². The third-order valence-corrected chi connectivity index (χ3v) is 6.08. The second-order valence-corrected chi connectivity index (χ2v) is 8.98. The molecular formula is C25H21ClN4O3S. The van der Waals surface area contributed by atoms with Crippen LogP contribution in [0.1, 0.15) is 17.5 Å². The van der Waals surface area contributed by atoms with Crippen LogP contribution in [0.3, 0.4) is 0 Å². The van der Waals surface area contributed by atoms with Crippen LogP contribution in [0.25, 0.3) is 0 Å². The minimum Gasteiger partial charge on any atom is -0.489 e. The minimum atomic E-state index is -0.547. The molecule has 172 valence electrons. The summed E-state index contributed by atoms with van der Waals surface area (Å²) in [6, 6.07) is 24.0. The number of nitrogens with zero attached hydrogens (tertiary/aromatic N) is 2. The van der Waals surface area contributed by atoms with E-state index >= 15 is 0 Å². The van der Waals surface area contributed by atoms with Crippen LogP contribution >= 0.6 is 23.4 Å².